The Labute approximate surface area is 130 Å². The number of halogens is 1. The molecule has 1 aromatic carbocycles. The second kappa shape index (κ2) is 7.26. The van der Waals surface area contributed by atoms with Crippen LogP contribution in [0, 0.1) is 0 Å². The van der Waals surface area contributed by atoms with Crippen LogP contribution in [0.25, 0.3) is 0 Å². The maximum absolute atomic E-state index is 12.3. The van der Waals surface area contributed by atoms with E-state index in [1.807, 2.05) is 4.90 Å². The fourth-order valence-electron chi connectivity index (χ4n) is 2.82. The molecule has 20 heavy (non-hydrogen) atoms. The predicted molar refractivity (Wildman–Crippen MR) is 88.7 cm³/mol. The summed E-state index contributed by atoms with van der Waals surface area (Å²) in [5.41, 5.74) is 3.84. The fourth-order valence-corrected chi connectivity index (χ4v) is 3.20. The van der Waals surface area contributed by atoms with Gasteiger partial charge in [0, 0.05) is 23.5 Å². The van der Waals surface area contributed by atoms with Crippen LogP contribution in [-0.2, 0) is 17.6 Å². The zero-order chi connectivity index (χ0) is 14.5. The summed E-state index contributed by atoms with van der Waals surface area (Å²) in [5.74, 6) is 0.286. The molecule has 110 valence electrons. The first kappa shape index (κ1) is 15.6. The molecule has 0 bridgehead atoms. The lowest BCUT2D eigenvalue weighted by atomic mass is 9.97. The second-order valence-electron chi connectivity index (χ2n) is 5.70. The molecule has 2 nitrogen and oxygen atoms in total. The molecule has 0 aromatic heterocycles. The summed E-state index contributed by atoms with van der Waals surface area (Å²) in [6.45, 7) is 5.18. The number of nitrogens with zero attached hydrogens (tertiary/aromatic N) is 1. The molecule has 1 aliphatic rings. The number of fused-ring (bicyclic) bond motifs is 1. The van der Waals surface area contributed by atoms with Gasteiger partial charge in [-0.05, 0) is 42.9 Å². The Kier molecular flexibility index (Phi) is 5.64. The molecule has 0 spiro atoms. The van der Waals surface area contributed by atoms with Gasteiger partial charge in [-0.2, -0.15) is 0 Å². The van der Waals surface area contributed by atoms with E-state index in [2.05, 4.69) is 48.0 Å². The first-order valence-corrected chi connectivity index (χ1v) is 8.59. The number of aryl methyl sites for hydroxylation is 1. The van der Waals surface area contributed by atoms with Gasteiger partial charge in [0.15, 0.2) is 0 Å². The molecular weight excluding hydrogens is 314 g/mol. The van der Waals surface area contributed by atoms with Crippen molar-refractivity contribution in [2.24, 2.45) is 0 Å². The number of carbonyl (C=O) groups excluding carboxylic acids is 1. The van der Waals surface area contributed by atoms with E-state index in [4.69, 9.17) is 0 Å². The highest BCUT2D eigenvalue weighted by Crippen LogP contribution is 2.29. The van der Waals surface area contributed by atoms with Gasteiger partial charge in [-0.1, -0.05) is 48.3 Å². The van der Waals surface area contributed by atoms with E-state index in [0.717, 1.165) is 44.3 Å². The largest absolute Gasteiger partial charge is 0.312 e. The normalized spacial score (nSPS) is 15.8. The van der Waals surface area contributed by atoms with Crippen LogP contribution >= 0.6 is 15.9 Å². The number of anilines is 1. The van der Waals surface area contributed by atoms with E-state index in [1.54, 1.807) is 0 Å². The Morgan fingerprint density at radius 3 is 2.95 bits per heavy atom. The van der Waals surface area contributed by atoms with E-state index in [1.165, 1.54) is 11.1 Å². The fraction of sp³-hybridized carbons (Fsp3) is 0.588. The zero-order valence-electron chi connectivity index (χ0n) is 12.5. The van der Waals surface area contributed by atoms with Crippen molar-refractivity contribution in [2.45, 2.75) is 57.2 Å². The zero-order valence-corrected chi connectivity index (χ0v) is 14.1. The van der Waals surface area contributed by atoms with Gasteiger partial charge in [0.05, 0.1) is 0 Å². The van der Waals surface area contributed by atoms with Crippen molar-refractivity contribution < 1.29 is 4.79 Å². The smallest absolute Gasteiger partial charge is 0.226 e. The van der Waals surface area contributed by atoms with Gasteiger partial charge in [-0.25, -0.2) is 0 Å². The van der Waals surface area contributed by atoms with Gasteiger partial charge in [0.2, 0.25) is 5.91 Å². The lowest BCUT2D eigenvalue weighted by Gasteiger charge is -2.30. The molecule has 1 heterocycles. The third kappa shape index (κ3) is 3.85. The average Bonchev–Trinajstić information content (AvgIpc) is 2.43. The molecular formula is C17H24BrNO. The summed E-state index contributed by atoms with van der Waals surface area (Å²) < 4.78 is 0. The molecule has 1 aromatic rings. The number of unbranched alkanes of at least 4 members (excludes halogenated alkanes) is 1. The quantitative estimate of drug-likeness (QED) is 0.725. The minimum absolute atomic E-state index is 0.286. The van der Waals surface area contributed by atoms with Crippen molar-refractivity contribution in [3.63, 3.8) is 0 Å². The molecule has 1 amide bonds. The number of carbonyl (C=O) groups is 1. The highest BCUT2D eigenvalue weighted by Gasteiger charge is 2.22. The minimum atomic E-state index is 0.286. The number of rotatable bonds is 5. The van der Waals surface area contributed by atoms with E-state index in [9.17, 15) is 4.79 Å². The average molecular weight is 338 g/mol. The Morgan fingerprint density at radius 2 is 2.25 bits per heavy atom. The summed E-state index contributed by atoms with van der Waals surface area (Å²) in [6.07, 6.45) is 5.96. The van der Waals surface area contributed by atoms with Gasteiger partial charge in [0.1, 0.15) is 0 Å². The van der Waals surface area contributed by atoms with Crippen LogP contribution in [-0.4, -0.2) is 17.3 Å². The summed E-state index contributed by atoms with van der Waals surface area (Å²) in [5, 5.41) is 0. The number of alkyl halides is 1. The number of hydrogen-bond acceptors (Lipinski definition) is 1. The molecule has 0 aliphatic carbocycles. The van der Waals surface area contributed by atoms with Crippen molar-refractivity contribution in [1.82, 2.24) is 0 Å². The summed E-state index contributed by atoms with van der Waals surface area (Å²) in [4.78, 5) is 14.8. The molecule has 1 atom stereocenters. The Bertz CT molecular complexity index is 470. The van der Waals surface area contributed by atoms with Crippen LogP contribution in [0.15, 0.2) is 18.2 Å². The van der Waals surface area contributed by atoms with Crippen LogP contribution in [0.4, 0.5) is 5.69 Å². The van der Waals surface area contributed by atoms with Crippen molar-refractivity contribution in [2.75, 3.05) is 11.4 Å². The van der Waals surface area contributed by atoms with Crippen LogP contribution in [0.3, 0.4) is 0 Å². The molecule has 2 rings (SSSR count). The highest BCUT2D eigenvalue weighted by molar-refractivity contribution is 9.09. The number of amides is 1. The first-order chi connectivity index (χ1) is 9.61. The van der Waals surface area contributed by atoms with E-state index >= 15 is 0 Å². The summed E-state index contributed by atoms with van der Waals surface area (Å²) >= 11 is 3.61. The van der Waals surface area contributed by atoms with Crippen LogP contribution in [0.5, 0.6) is 0 Å². The van der Waals surface area contributed by atoms with Gasteiger partial charge >= 0.3 is 0 Å². The van der Waals surface area contributed by atoms with Crippen molar-refractivity contribution in [3.05, 3.63) is 29.3 Å². The lowest BCUT2D eigenvalue weighted by molar-refractivity contribution is -0.118. The van der Waals surface area contributed by atoms with Gasteiger partial charge in [0.25, 0.3) is 0 Å². The SMILES string of the molecule is CCCCC(=O)N1CCCc2cc(CC(C)Br)ccc21. The standard InChI is InChI=1S/C17H24BrNO/c1-3-4-7-17(20)19-10-5-6-15-12-14(11-13(2)18)8-9-16(15)19/h8-9,12-13H,3-7,10-11H2,1-2H3. The van der Waals surface area contributed by atoms with Crippen LogP contribution in [0.2, 0.25) is 0 Å². The highest BCUT2D eigenvalue weighted by atomic mass is 79.9. The van der Waals surface area contributed by atoms with E-state index in [-0.39, 0.29) is 5.91 Å². The van der Waals surface area contributed by atoms with Gasteiger partial charge in [-0.3, -0.25) is 4.79 Å². The topological polar surface area (TPSA) is 20.3 Å². The van der Waals surface area contributed by atoms with Gasteiger partial charge in [-0.15, -0.1) is 0 Å². The predicted octanol–water partition coefficient (Wildman–Crippen LogP) is 4.48. The maximum Gasteiger partial charge on any atom is 0.226 e. The Balaban J connectivity index is 2.17. The molecule has 1 aliphatic heterocycles. The third-order valence-corrected chi connectivity index (χ3v) is 4.15. The molecule has 3 heteroatoms. The summed E-state index contributed by atoms with van der Waals surface area (Å²) in [6, 6.07) is 6.59. The number of benzene rings is 1. The maximum atomic E-state index is 12.3. The van der Waals surface area contributed by atoms with E-state index < -0.39 is 0 Å². The van der Waals surface area contributed by atoms with Crippen molar-refractivity contribution in [1.29, 1.82) is 0 Å². The molecule has 0 radical (unpaired) electrons. The molecule has 0 fully saturated rings. The lowest BCUT2D eigenvalue weighted by Crippen LogP contribution is -2.35. The molecule has 0 saturated carbocycles. The third-order valence-electron chi connectivity index (χ3n) is 3.82. The molecule has 0 saturated heterocycles. The number of hydrogen-bond donors (Lipinski definition) is 0. The van der Waals surface area contributed by atoms with Crippen LogP contribution in [0.1, 0.15) is 50.7 Å². The van der Waals surface area contributed by atoms with Crippen molar-refractivity contribution in [3.8, 4) is 0 Å². The molecule has 1 unspecified atom stereocenters. The Morgan fingerprint density at radius 1 is 1.45 bits per heavy atom. The molecule has 0 N–H and O–H groups in total. The van der Waals surface area contributed by atoms with Gasteiger partial charge < -0.3 is 4.90 Å². The minimum Gasteiger partial charge on any atom is -0.312 e. The second-order valence-corrected chi connectivity index (χ2v) is 7.26. The summed E-state index contributed by atoms with van der Waals surface area (Å²) in [7, 11) is 0. The monoisotopic (exact) mass is 337 g/mol. The van der Waals surface area contributed by atoms with Crippen molar-refractivity contribution >= 4 is 27.5 Å². The Hall–Kier alpha value is -0.830. The van der Waals surface area contributed by atoms with E-state index in [0.29, 0.717) is 11.2 Å². The first-order valence-electron chi connectivity index (χ1n) is 7.68. The van der Waals surface area contributed by atoms with Crippen LogP contribution < -0.4 is 4.90 Å².